The van der Waals surface area contributed by atoms with Crippen molar-refractivity contribution < 1.29 is 9.84 Å². The van der Waals surface area contributed by atoms with Crippen molar-refractivity contribution in [2.75, 3.05) is 27.3 Å². The third-order valence-corrected chi connectivity index (χ3v) is 4.53. The maximum absolute atomic E-state index is 9.69. The molecule has 2 aromatic carbocycles. The summed E-state index contributed by atoms with van der Waals surface area (Å²) in [5.41, 5.74) is 1.99. The number of aliphatic hydroxyl groups is 1. The summed E-state index contributed by atoms with van der Waals surface area (Å²) in [4.78, 5) is 8.73. The van der Waals surface area contributed by atoms with Gasteiger partial charge in [-0.05, 0) is 29.8 Å². The van der Waals surface area contributed by atoms with Gasteiger partial charge in [0.25, 0.3) is 0 Å². The predicted octanol–water partition coefficient (Wildman–Crippen LogP) is 2.54. The number of H-pyrrole nitrogens is 1. The SMILES string of the molecule is CN=C(NCc1nc(-c2ccc(OC)cc2)n[nH]1)NCC(CO)c1ccccc1.I. The zero-order valence-electron chi connectivity index (χ0n) is 17.0. The summed E-state index contributed by atoms with van der Waals surface area (Å²) in [5, 5.41) is 23.3. The number of halogens is 1. The molecule has 0 bridgehead atoms. The standard InChI is InChI=1S/C21H26N6O2.HI/c1-22-21(23-12-17(14-28)15-6-4-3-5-7-15)24-13-19-25-20(27-26-19)16-8-10-18(29-2)11-9-16;/h3-11,17,28H,12-14H2,1-2H3,(H2,22,23,24)(H,25,26,27);1H. The largest absolute Gasteiger partial charge is 0.497 e. The molecule has 0 aliphatic rings. The molecule has 9 heteroatoms. The molecule has 3 aromatic rings. The zero-order chi connectivity index (χ0) is 20.5. The third-order valence-electron chi connectivity index (χ3n) is 4.53. The minimum absolute atomic E-state index is 0. The van der Waals surface area contributed by atoms with E-state index >= 15 is 0 Å². The fraction of sp³-hybridized carbons (Fsp3) is 0.286. The predicted molar refractivity (Wildman–Crippen MR) is 128 cm³/mol. The van der Waals surface area contributed by atoms with E-state index in [1.165, 1.54) is 0 Å². The lowest BCUT2D eigenvalue weighted by atomic mass is 10.0. The number of rotatable bonds is 8. The molecule has 0 fully saturated rings. The van der Waals surface area contributed by atoms with Crippen LogP contribution in [0.25, 0.3) is 11.4 Å². The number of ether oxygens (including phenoxy) is 1. The van der Waals surface area contributed by atoms with Crippen LogP contribution >= 0.6 is 24.0 Å². The molecule has 0 spiro atoms. The molecule has 0 saturated heterocycles. The van der Waals surface area contributed by atoms with E-state index in [0.29, 0.717) is 30.7 Å². The maximum Gasteiger partial charge on any atom is 0.191 e. The summed E-state index contributed by atoms with van der Waals surface area (Å²) in [6.07, 6.45) is 0. The fourth-order valence-electron chi connectivity index (χ4n) is 2.86. The van der Waals surface area contributed by atoms with Gasteiger partial charge in [-0.3, -0.25) is 10.1 Å². The van der Waals surface area contributed by atoms with Gasteiger partial charge in [-0.1, -0.05) is 30.3 Å². The number of hydrogen-bond donors (Lipinski definition) is 4. The minimum Gasteiger partial charge on any atom is -0.497 e. The van der Waals surface area contributed by atoms with Gasteiger partial charge in [0.1, 0.15) is 11.6 Å². The van der Waals surface area contributed by atoms with E-state index < -0.39 is 0 Å². The highest BCUT2D eigenvalue weighted by atomic mass is 127. The summed E-state index contributed by atoms with van der Waals surface area (Å²) in [6, 6.07) is 17.5. The molecule has 0 aliphatic heterocycles. The lowest BCUT2D eigenvalue weighted by Crippen LogP contribution is -2.39. The number of guanidine groups is 1. The van der Waals surface area contributed by atoms with E-state index in [0.717, 1.165) is 16.9 Å². The molecule has 0 aliphatic carbocycles. The van der Waals surface area contributed by atoms with Crippen LogP contribution in [0.5, 0.6) is 5.75 Å². The average Bonchev–Trinajstić information content (AvgIpc) is 3.26. The summed E-state index contributed by atoms with van der Waals surface area (Å²) >= 11 is 0. The van der Waals surface area contributed by atoms with Crippen LogP contribution in [-0.4, -0.2) is 53.6 Å². The maximum atomic E-state index is 9.69. The van der Waals surface area contributed by atoms with E-state index in [1.807, 2.05) is 54.6 Å². The van der Waals surface area contributed by atoms with Gasteiger partial charge in [0, 0.05) is 25.1 Å². The van der Waals surface area contributed by atoms with Crippen LogP contribution in [0.4, 0.5) is 0 Å². The second kappa shape index (κ2) is 12.1. The quantitative estimate of drug-likeness (QED) is 0.206. The van der Waals surface area contributed by atoms with Crippen LogP contribution < -0.4 is 15.4 Å². The molecular formula is C21H27IN6O2. The van der Waals surface area contributed by atoms with Gasteiger partial charge < -0.3 is 20.5 Å². The Balaban J connectivity index is 0.00000320. The molecule has 0 radical (unpaired) electrons. The Morgan fingerprint density at radius 1 is 1.13 bits per heavy atom. The van der Waals surface area contributed by atoms with Crippen molar-refractivity contribution in [3.8, 4) is 17.1 Å². The van der Waals surface area contributed by atoms with Crippen LogP contribution in [0.15, 0.2) is 59.6 Å². The molecule has 3 rings (SSSR count). The van der Waals surface area contributed by atoms with E-state index in [2.05, 4.69) is 30.8 Å². The Hall–Kier alpha value is -2.66. The molecular weight excluding hydrogens is 495 g/mol. The molecule has 1 atom stereocenters. The number of aliphatic hydroxyl groups excluding tert-OH is 1. The average molecular weight is 522 g/mol. The first-order chi connectivity index (χ1) is 14.2. The first-order valence-electron chi connectivity index (χ1n) is 9.39. The van der Waals surface area contributed by atoms with Gasteiger partial charge in [-0.25, -0.2) is 4.98 Å². The molecule has 0 amide bonds. The number of nitrogens with zero attached hydrogens (tertiary/aromatic N) is 3. The lowest BCUT2D eigenvalue weighted by Gasteiger charge is -2.17. The Bertz CT molecular complexity index is 915. The summed E-state index contributed by atoms with van der Waals surface area (Å²) < 4.78 is 5.17. The van der Waals surface area contributed by atoms with Crippen molar-refractivity contribution in [3.05, 3.63) is 66.0 Å². The molecule has 0 saturated carbocycles. The molecule has 30 heavy (non-hydrogen) atoms. The van der Waals surface area contributed by atoms with E-state index in [-0.39, 0.29) is 36.5 Å². The normalized spacial score (nSPS) is 12.0. The molecule has 1 heterocycles. The van der Waals surface area contributed by atoms with E-state index in [1.54, 1.807) is 14.2 Å². The van der Waals surface area contributed by atoms with Gasteiger partial charge in [-0.2, -0.15) is 5.10 Å². The summed E-state index contributed by atoms with van der Waals surface area (Å²) in [6.45, 7) is 1.06. The van der Waals surface area contributed by atoms with Crippen molar-refractivity contribution in [1.29, 1.82) is 0 Å². The Morgan fingerprint density at radius 3 is 2.50 bits per heavy atom. The summed E-state index contributed by atoms with van der Waals surface area (Å²) in [7, 11) is 3.34. The number of aliphatic imine (C=N–C) groups is 1. The highest BCUT2D eigenvalue weighted by Gasteiger charge is 2.11. The molecule has 1 unspecified atom stereocenters. The van der Waals surface area contributed by atoms with Gasteiger partial charge in [0.15, 0.2) is 11.8 Å². The Labute approximate surface area is 193 Å². The van der Waals surface area contributed by atoms with Crippen molar-refractivity contribution in [2.45, 2.75) is 12.5 Å². The first kappa shape index (κ1) is 23.6. The van der Waals surface area contributed by atoms with Crippen LogP contribution in [-0.2, 0) is 6.54 Å². The van der Waals surface area contributed by atoms with Gasteiger partial charge in [-0.15, -0.1) is 24.0 Å². The smallest absolute Gasteiger partial charge is 0.191 e. The van der Waals surface area contributed by atoms with Crippen molar-refractivity contribution >= 4 is 29.9 Å². The lowest BCUT2D eigenvalue weighted by molar-refractivity contribution is 0.265. The Morgan fingerprint density at radius 2 is 1.87 bits per heavy atom. The van der Waals surface area contributed by atoms with Crippen LogP contribution in [0.1, 0.15) is 17.3 Å². The summed E-state index contributed by atoms with van der Waals surface area (Å²) in [5.74, 6) is 2.72. The van der Waals surface area contributed by atoms with Gasteiger partial charge >= 0.3 is 0 Å². The van der Waals surface area contributed by atoms with Crippen LogP contribution in [0.3, 0.4) is 0 Å². The topological polar surface area (TPSA) is 107 Å². The highest BCUT2D eigenvalue weighted by Crippen LogP contribution is 2.19. The zero-order valence-corrected chi connectivity index (χ0v) is 19.3. The van der Waals surface area contributed by atoms with Crippen LogP contribution in [0.2, 0.25) is 0 Å². The van der Waals surface area contributed by atoms with Gasteiger partial charge in [0.2, 0.25) is 0 Å². The second-order valence-corrected chi connectivity index (χ2v) is 6.43. The number of benzene rings is 2. The first-order valence-corrected chi connectivity index (χ1v) is 9.39. The number of aromatic nitrogens is 3. The van der Waals surface area contributed by atoms with Crippen molar-refractivity contribution in [1.82, 2.24) is 25.8 Å². The number of nitrogens with one attached hydrogen (secondary N) is 3. The molecule has 4 N–H and O–H groups in total. The minimum atomic E-state index is -0.0123. The molecule has 1 aromatic heterocycles. The number of hydrogen-bond acceptors (Lipinski definition) is 5. The van der Waals surface area contributed by atoms with Crippen LogP contribution in [0, 0.1) is 0 Å². The highest BCUT2D eigenvalue weighted by molar-refractivity contribution is 14.0. The van der Waals surface area contributed by atoms with Gasteiger partial charge in [0.05, 0.1) is 20.3 Å². The third kappa shape index (κ3) is 6.42. The number of aromatic amines is 1. The number of methoxy groups -OCH3 is 1. The Kier molecular flexibility index (Phi) is 9.55. The second-order valence-electron chi connectivity index (χ2n) is 6.43. The van der Waals surface area contributed by atoms with E-state index in [9.17, 15) is 5.11 Å². The van der Waals surface area contributed by atoms with Crippen molar-refractivity contribution in [2.24, 2.45) is 4.99 Å². The molecule has 8 nitrogen and oxygen atoms in total. The van der Waals surface area contributed by atoms with E-state index in [4.69, 9.17) is 4.74 Å². The molecule has 160 valence electrons. The monoisotopic (exact) mass is 522 g/mol. The fourth-order valence-corrected chi connectivity index (χ4v) is 2.86. The van der Waals surface area contributed by atoms with Crippen molar-refractivity contribution in [3.63, 3.8) is 0 Å².